The minimum atomic E-state index is 0.157. The molecule has 0 spiro atoms. The zero-order valence-corrected chi connectivity index (χ0v) is 9.79. The largest absolute Gasteiger partial charge is 0.378 e. The van der Waals surface area contributed by atoms with Crippen molar-refractivity contribution in [2.75, 3.05) is 33.3 Å². The first-order chi connectivity index (χ1) is 7.24. The van der Waals surface area contributed by atoms with Crippen LogP contribution in [0.1, 0.15) is 26.2 Å². The highest BCUT2D eigenvalue weighted by Crippen LogP contribution is 2.14. The lowest BCUT2D eigenvalue weighted by Gasteiger charge is -2.15. The molecule has 0 aromatic carbocycles. The predicted octanol–water partition coefficient (Wildman–Crippen LogP) is 0.623. The maximum atomic E-state index is 11.4. The smallest absolute Gasteiger partial charge is 0.236 e. The molecule has 1 amide bonds. The fourth-order valence-corrected chi connectivity index (χ4v) is 1.64. The summed E-state index contributed by atoms with van der Waals surface area (Å²) < 4.78 is 5.49. The van der Waals surface area contributed by atoms with Gasteiger partial charge < -0.3 is 15.0 Å². The summed E-state index contributed by atoms with van der Waals surface area (Å²) in [5, 5.41) is 3.16. The van der Waals surface area contributed by atoms with Crippen LogP contribution < -0.4 is 5.32 Å². The van der Waals surface area contributed by atoms with E-state index >= 15 is 0 Å². The van der Waals surface area contributed by atoms with Gasteiger partial charge in [0.15, 0.2) is 0 Å². The molecule has 0 radical (unpaired) electrons. The predicted molar refractivity (Wildman–Crippen MR) is 59.8 cm³/mol. The molecule has 88 valence electrons. The second kappa shape index (κ2) is 6.80. The molecule has 4 nitrogen and oxygen atoms in total. The molecule has 4 heteroatoms. The van der Waals surface area contributed by atoms with E-state index in [2.05, 4.69) is 5.32 Å². The number of nitrogens with one attached hydrogen (secondary N) is 1. The van der Waals surface area contributed by atoms with Crippen molar-refractivity contribution in [3.63, 3.8) is 0 Å². The van der Waals surface area contributed by atoms with Crippen LogP contribution in [0.15, 0.2) is 0 Å². The molecule has 0 aromatic heterocycles. The Balaban J connectivity index is 1.98. The summed E-state index contributed by atoms with van der Waals surface area (Å²) in [5.74, 6) is 0.157. The van der Waals surface area contributed by atoms with Crippen LogP contribution in [0.3, 0.4) is 0 Å². The number of rotatable bonds is 6. The van der Waals surface area contributed by atoms with Gasteiger partial charge in [-0.3, -0.25) is 4.79 Å². The number of ether oxygens (including phenoxy) is 1. The van der Waals surface area contributed by atoms with E-state index in [1.165, 1.54) is 12.8 Å². The van der Waals surface area contributed by atoms with Crippen molar-refractivity contribution in [3.8, 4) is 0 Å². The molecule has 1 unspecified atom stereocenters. The monoisotopic (exact) mass is 214 g/mol. The molecular weight excluding hydrogens is 192 g/mol. The highest BCUT2D eigenvalue weighted by atomic mass is 16.5. The lowest BCUT2D eigenvalue weighted by molar-refractivity contribution is -0.128. The number of likely N-dealkylation sites (N-methyl/N-ethyl adjacent to an activating group) is 1. The van der Waals surface area contributed by atoms with Crippen LogP contribution in [-0.4, -0.2) is 50.2 Å². The van der Waals surface area contributed by atoms with Gasteiger partial charge in [-0.1, -0.05) is 0 Å². The second-order valence-corrected chi connectivity index (χ2v) is 4.01. The Bertz CT molecular complexity index is 191. The Morgan fingerprint density at radius 1 is 1.60 bits per heavy atom. The Hall–Kier alpha value is -0.610. The van der Waals surface area contributed by atoms with Gasteiger partial charge in [-0.2, -0.15) is 0 Å². The van der Waals surface area contributed by atoms with Crippen LogP contribution in [0.4, 0.5) is 0 Å². The minimum absolute atomic E-state index is 0.157. The number of nitrogens with zero attached hydrogens (tertiary/aromatic N) is 1. The van der Waals surface area contributed by atoms with Crippen LogP contribution in [0.5, 0.6) is 0 Å². The van der Waals surface area contributed by atoms with Gasteiger partial charge in [0.25, 0.3) is 0 Å². The highest BCUT2D eigenvalue weighted by molar-refractivity contribution is 5.77. The van der Waals surface area contributed by atoms with Crippen molar-refractivity contribution in [2.45, 2.75) is 32.3 Å². The van der Waals surface area contributed by atoms with Crippen molar-refractivity contribution >= 4 is 5.91 Å². The molecule has 1 atom stereocenters. The first-order valence-corrected chi connectivity index (χ1v) is 5.80. The van der Waals surface area contributed by atoms with Gasteiger partial charge in [-0.25, -0.2) is 0 Å². The highest BCUT2D eigenvalue weighted by Gasteiger charge is 2.14. The fraction of sp³-hybridized carbons (Fsp3) is 0.909. The van der Waals surface area contributed by atoms with Crippen LogP contribution in [0.2, 0.25) is 0 Å². The van der Waals surface area contributed by atoms with E-state index in [1.807, 2.05) is 14.0 Å². The maximum absolute atomic E-state index is 11.4. The van der Waals surface area contributed by atoms with Crippen molar-refractivity contribution in [3.05, 3.63) is 0 Å². The first kappa shape index (κ1) is 12.5. The number of hydrogen-bond donors (Lipinski definition) is 1. The SMILES string of the molecule is CCN(C)C(=O)CNCCC1CCCO1. The van der Waals surface area contributed by atoms with E-state index in [4.69, 9.17) is 4.74 Å². The topological polar surface area (TPSA) is 41.6 Å². The van der Waals surface area contributed by atoms with Gasteiger partial charge in [0.05, 0.1) is 12.6 Å². The summed E-state index contributed by atoms with van der Waals surface area (Å²) in [6.45, 7) is 4.96. The van der Waals surface area contributed by atoms with E-state index in [9.17, 15) is 4.79 Å². The van der Waals surface area contributed by atoms with E-state index in [0.29, 0.717) is 12.6 Å². The van der Waals surface area contributed by atoms with Crippen LogP contribution in [-0.2, 0) is 9.53 Å². The summed E-state index contributed by atoms with van der Waals surface area (Å²) in [6.07, 6.45) is 3.78. The minimum Gasteiger partial charge on any atom is -0.378 e. The van der Waals surface area contributed by atoms with E-state index in [0.717, 1.165) is 26.1 Å². The molecule has 0 saturated carbocycles. The Labute approximate surface area is 92.0 Å². The summed E-state index contributed by atoms with van der Waals surface area (Å²) in [6, 6.07) is 0. The molecule has 1 N–H and O–H groups in total. The standard InChI is InChI=1S/C11H22N2O2/c1-3-13(2)11(14)9-12-7-6-10-5-4-8-15-10/h10,12H,3-9H2,1-2H3. The van der Waals surface area contributed by atoms with Crippen molar-refractivity contribution in [1.29, 1.82) is 0 Å². The summed E-state index contributed by atoms with van der Waals surface area (Å²) in [7, 11) is 1.82. The maximum Gasteiger partial charge on any atom is 0.236 e. The average molecular weight is 214 g/mol. The fourth-order valence-electron chi connectivity index (χ4n) is 1.64. The molecule has 1 rings (SSSR count). The number of carbonyl (C=O) groups excluding carboxylic acids is 1. The first-order valence-electron chi connectivity index (χ1n) is 5.80. The van der Waals surface area contributed by atoms with Crippen molar-refractivity contribution < 1.29 is 9.53 Å². The lowest BCUT2D eigenvalue weighted by Crippen LogP contribution is -2.36. The molecule has 1 aliphatic heterocycles. The molecule has 1 heterocycles. The summed E-state index contributed by atoms with van der Waals surface area (Å²) >= 11 is 0. The van der Waals surface area contributed by atoms with Gasteiger partial charge in [-0.05, 0) is 32.7 Å². The molecule has 0 aliphatic carbocycles. The zero-order chi connectivity index (χ0) is 11.1. The van der Waals surface area contributed by atoms with Crippen molar-refractivity contribution in [2.24, 2.45) is 0 Å². The lowest BCUT2D eigenvalue weighted by atomic mass is 10.2. The quantitative estimate of drug-likeness (QED) is 0.659. The third-order valence-electron chi connectivity index (χ3n) is 2.84. The van der Waals surface area contributed by atoms with Gasteiger partial charge in [0.2, 0.25) is 5.91 Å². The van der Waals surface area contributed by atoms with Crippen molar-refractivity contribution in [1.82, 2.24) is 10.2 Å². The van der Waals surface area contributed by atoms with Crippen LogP contribution >= 0.6 is 0 Å². The normalized spacial score (nSPS) is 20.5. The molecule has 15 heavy (non-hydrogen) atoms. The molecule has 1 fully saturated rings. The molecule has 1 aliphatic rings. The van der Waals surface area contributed by atoms with Gasteiger partial charge in [0, 0.05) is 20.2 Å². The van der Waals surface area contributed by atoms with E-state index in [-0.39, 0.29) is 5.91 Å². The van der Waals surface area contributed by atoms with Crippen LogP contribution in [0.25, 0.3) is 0 Å². The third-order valence-corrected chi connectivity index (χ3v) is 2.84. The number of hydrogen-bond acceptors (Lipinski definition) is 3. The molecule has 0 bridgehead atoms. The summed E-state index contributed by atoms with van der Waals surface area (Å²) in [5.41, 5.74) is 0. The van der Waals surface area contributed by atoms with Gasteiger partial charge >= 0.3 is 0 Å². The summed E-state index contributed by atoms with van der Waals surface area (Å²) in [4.78, 5) is 13.1. The van der Waals surface area contributed by atoms with Crippen LogP contribution in [0, 0.1) is 0 Å². The van der Waals surface area contributed by atoms with Gasteiger partial charge in [-0.15, -0.1) is 0 Å². The Morgan fingerprint density at radius 2 is 2.40 bits per heavy atom. The average Bonchev–Trinajstić information content (AvgIpc) is 2.75. The molecule has 0 aromatic rings. The third kappa shape index (κ3) is 4.62. The molecular formula is C11H22N2O2. The number of carbonyl (C=O) groups is 1. The van der Waals surface area contributed by atoms with E-state index in [1.54, 1.807) is 4.90 Å². The van der Waals surface area contributed by atoms with E-state index < -0.39 is 0 Å². The Morgan fingerprint density at radius 3 is 3.00 bits per heavy atom. The molecule has 1 saturated heterocycles. The second-order valence-electron chi connectivity index (χ2n) is 4.01. The Kier molecular flexibility index (Phi) is 5.65. The number of amides is 1. The van der Waals surface area contributed by atoms with Gasteiger partial charge in [0.1, 0.15) is 0 Å². The zero-order valence-electron chi connectivity index (χ0n) is 9.79.